The molecule has 2 nitrogen and oxygen atoms in total. The molecular formula is C14H8F4O2. The molecule has 0 saturated carbocycles. The monoisotopic (exact) mass is 284 g/mol. The molecule has 0 aromatic heterocycles. The predicted molar refractivity (Wildman–Crippen MR) is 62.7 cm³/mol. The Morgan fingerprint density at radius 2 is 1.65 bits per heavy atom. The van der Waals surface area contributed by atoms with E-state index in [-0.39, 0.29) is 16.7 Å². The molecule has 0 fully saturated rings. The van der Waals surface area contributed by atoms with Crippen molar-refractivity contribution in [1.29, 1.82) is 0 Å². The van der Waals surface area contributed by atoms with Crippen LogP contribution in [0, 0.1) is 18.6 Å². The zero-order valence-electron chi connectivity index (χ0n) is 10.2. The van der Waals surface area contributed by atoms with E-state index >= 15 is 0 Å². The van der Waals surface area contributed by atoms with Crippen LogP contribution in [0.3, 0.4) is 0 Å². The van der Waals surface area contributed by atoms with Gasteiger partial charge in [-0.2, -0.15) is 8.78 Å². The van der Waals surface area contributed by atoms with E-state index < -0.39 is 34.8 Å². The summed E-state index contributed by atoms with van der Waals surface area (Å²) in [6.45, 7) is 1.41. The van der Waals surface area contributed by atoms with Crippen LogP contribution >= 0.6 is 0 Å². The Morgan fingerprint density at radius 1 is 1.00 bits per heavy atom. The minimum Gasteiger partial charge on any atom is -0.505 e. The van der Waals surface area contributed by atoms with Gasteiger partial charge in [-0.15, -0.1) is 0 Å². The Kier molecular flexibility index (Phi) is 2.48. The zero-order valence-corrected chi connectivity index (χ0v) is 10.2. The van der Waals surface area contributed by atoms with Crippen LogP contribution in [0.25, 0.3) is 11.1 Å². The topological polar surface area (TPSA) is 29.5 Å². The quantitative estimate of drug-likeness (QED) is 0.738. The van der Waals surface area contributed by atoms with E-state index in [1.165, 1.54) is 19.1 Å². The molecule has 1 N–H and O–H groups in total. The molecule has 1 aliphatic heterocycles. The molecular weight excluding hydrogens is 276 g/mol. The lowest BCUT2D eigenvalue weighted by Gasteiger charge is -2.28. The Balaban J connectivity index is 2.40. The first-order chi connectivity index (χ1) is 9.33. The average molecular weight is 284 g/mol. The molecule has 0 radical (unpaired) electrons. The molecule has 20 heavy (non-hydrogen) atoms. The van der Waals surface area contributed by atoms with Crippen LogP contribution < -0.4 is 4.74 Å². The maximum absolute atomic E-state index is 13.9. The Labute approximate surface area is 111 Å². The van der Waals surface area contributed by atoms with Crippen molar-refractivity contribution in [2.75, 3.05) is 0 Å². The highest BCUT2D eigenvalue weighted by molar-refractivity contribution is 5.77. The van der Waals surface area contributed by atoms with Gasteiger partial charge in [0.15, 0.2) is 23.1 Å². The van der Waals surface area contributed by atoms with Crippen molar-refractivity contribution < 1.29 is 27.4 Å². The van der Waals surface area contributed by atoms with Crippen LogP contribution in [0.15, 0.2) is 24.3 Å². The number of halogens is 4. The minimum absolute atomic E-state index is 0.0212. The second-order valence-electron chi connectivity index (χ2n) is 4.51. The fraction of sp³-hybridized carbons (Fsp3) is 0.143. The summed E-state index contributed by atoms with van der Waals surface area (Å²) < 4.78 is 59.8. The van der Waals surface area contributed by atoms with Crippen LogP contribution in [0.2, 0.25) is 0 Å². The molecule has 0 bridgehead atoms. The lowest BCUT2D eigenvalue weighted by atomic mass is 9.94. The number of alkyl halides is 2. The standard InChI is InChI=1S/C14H8F4O2/c1-6-2-3-8-7-4-5-9(19)12(16)10(7)14(17,18)20-13(8)11(6)15/h2-5,19H,1H3. The number of aromatic hydroxyl groups is 1. The number of hydrogen-bond acceptors (Lipinski definition) is 2. The highest BCUT2D eigenvalue weighted by atomic mass is 19.3. The van der Waals surface area contributed by atoms with Crippen molar-refractivity contribution in [3.8, 4) is 22.6 Å². The maximum Gasteiger partial charge on any atom is 0.430 e. The summed E-state index contributed by atoms with van der Waals surface area (Å²) in [4.78, 5) is 0. The fourth-order valence-electron chi connectivity index (χ4n) is 2.22. The van der Waals surface area contributed by atoms with E-state index in [2.05, 4.69) is 4.74 Å². The fourth-order valence-corrected chi connectivity index (χ4v) is 2.22. The second kappa shape index (κ2) is 3.88. The first kappa shape index (κ1) is 12.8. The van der Waals surface area contributed by atoms with Gasteiger partial charge in [0.05, 0.1) is 0 Å². The predicted octanol–water partition coefficient (Wildman–Crippen LogP) is 4.09. The third-order valence-corrected chi connectivity index (χ3v) is 3.22. The Morgan fingerprint density at radius 3 is 2.35 bits per heavy atom. The van der Waals surface area contributed by atoms with E-state index in [1.807, 2.05) is 0 Å². The average Bonchev–Trinajstić information content (AvgIpc) is 2.38. The third-order valence-electron chi connectivity index (χ3n) is 3.22. The smallest absolute Gasteiger partial charge is 0.430 e. The zero-order chi connectivity index (χ0) is 14.7. The summed E-state index contributed by atoms with van der Waals surface area (Å²) in [5.41, 5.74) is -1.13. The normalized spacial score (nSPS) is 15.2. The molecule has 3 rings (SSSR count). The van der Waals surface area contributed by atoms with E-state index in [4.69, 9.17) is 0 Å². The summed E-state index contributed by atoms with van der Waals surface area (Å²) in [5.74, 6) is -3.92. The second-order valence-corrected chi connectivity index (χ2v) is 4.51. The van der Waals surface area contributed by atoms with Crippen molar-refractivity contribution in [1.82, 2.24) is 0 Å². The Bertz CT molecular complexity index is 726. The molecule has 6 heteroatoms. The van der Waals surface area contributed by atoms with Crippen molar-refractivity contribution >= 4 is 0 Å². The summed E-state index contributed by atoms with van der Waals surface area (Å²) >= 11 is 0. The van der Waals surface area contributed by atoms with Crippen LogP contribution in [0.4, 0.5) is 17.6 Å². The lowest BCUT2D eigenvalue weighted by molar-refractivity contribution is -0.190. The number of phenolic OH excluding ortho intramolecular Hbond substituents is 1. The number of aryl methyl sites for hydroxylation is 1. The molecule has 0 unspecified atom stereocenters. The van der Waals surface area contributed by atoms with Gasteiger partial charge in [0.2, 0.25) is 0 Å². The maximum atomic E-state index is 13.9. The summed E-state index contributed by atoms with van der Waals surface area (Å²) in [6.07, 6.45) is -4.06. The summed E-state index contributed by atoms with van der Waals surface area (Å²) in [5, 5.41) is 9.22. The van der Waals surface area contributed by atoms with E-state index in [0.29, 0.717) is 0 Å². The highest BCUT2D eigenvalue weighted by Crippen LogP contribution is 2.50. The van der Waals surface area contributed by atoms with E-state index in [9.17, 15) is 22.7 Å². The molecule has 2 aromatic rings. The van der Waals surface area contributed by atoms with Gasteiger partial charge in [-0.05, 0) is 24.6 Å². The van der Waals surface area contributed by atoms with Gasteiger partial charge >= 0.3 is 6.11 Å². The van der Waals surface area contributed by atoms with Gasteiger partial charge in [0.1, 0.15) is 5.56 Å². The lowest BCUT2D eigenvalue weighted by Crippen LogP contribution is -2.28. The van der Waals surface area contributed by atoms with Gasteiger partial charge in [0.25, 0.3) is 0 Å². The van der Waals surface area contributed by atoms with E-state index in [1.54, 1.807) is 0 Å². The molecule has 0 spiro atoms. The van der Waals surface area contributed by atoms with Crippen LogP contribution in [-0.2, 0) is 6.11 Å². The molecule has 1 aliphatic rings. The van der Waals surface area contributed by atoms with Crippen LogP contribution in [0.1, 0.15) is 11.1 Å². The number of fused-ring (bicyclic) bond motifs is 3. The summed E-state index contributed by atoms with van der Waals surface area (Å²) in [6, 6.07) is 4.81. The number of rotatable bonds is 0. The van der Waals surface area contributed by atoms with Crippen molar-refractivity contribution in [3.05, 3.63) is 47.0 Å². The largest absolute Gasteiger partial charge is 0.505 e. The molecule has 0 aliphatic carbocycles. The first-order valence-corrected chi connectivity index (χ1v) is 5.71. The van der Waals surface area contributed by atoms with E-state index in [0.717, 1.165) is 12.1 Å². The molecule has 0 saturated heterocycles. The number of phenols is 1. The van der Waals surface area contributed by atoms with Gasteiger partial charge in [0, 0.05) is 11.1 Å². The molecule has 104 valence electrons. The van der Waals surface area contributed by atoms with Gasteiger partial charge in [-0.1, -0.05) is 12.1 Å². The van der Waals surface area contributed by atoms with Crippen LogP contribution in [-0.4, -0.2) is 5.11 Å². The minimum atomic E-state index is -4.06. The number of ether oxygens (including phenoxy) is 1. The number of benzene rings is 2. The van der Waals surface area contributed by atoms with Gasteiger partial charge in [-0.25, -0.2) is 8.78 Å². The molecule has 0 amide bonds. The third kappa shape index (κ3) is 1.57. The van der Waals surface area contributed by atoms with Gasteiger partial charge < -0.3 is 9.84 Å². The molecule has 2 aromatic carbocycles. The van der Waals surface area contributed by atoms with Gasteiger partial charge in [-0.3, -0.25) is 0 Å². The summed E-state index contributed by atoms with van der Waals surface area (Å²) in [7, 11) is 0. The van der Waals surface area contributed by atoms with Crippen molar-refractivity contribution in [2.45, 2.75) is 13.0 Å². The highest BCUT2D eigenvalue weighted by Gasteiger charge is 2.46. The first-order valence-electron chi connectivity index (χ1n) is 5.71. The Hall–Kier alpha value is -2.24. The number of hydrogen-bond donors (Lipinski definition) is 1. The van der Waals surface area contributed by atoms with Crippen molar-refractivity contribution in [2.24, 2.45) is 0 Å². The molecule has 0 atom stereocenters. The molecule has 1 heterocycles. The SMILES string of the molecule is Cc1ccc2c(c1F)OC(F)(F)c1c-2ccc(O)c1F. The van der Waals surface area contributed by atoms with Crippen molar-refractivity contribution in [3.63, 3.8) is 0 Å². The van der Waals surface area contributed by atoms with Crippen LogP contribution in [0.5, 0.6) is 11.5 Å².